The standard InChI is InChI=1S/C35H33N7O5/c1-41-12-9-19(10-13-41)42-34(45)24-15-29-30(16-25(24)35(42)46)40-32(39-29)31-27(8-11-36-33(31)44)37-17-20(43)18-47-21-6-7-23-22-4-2-3-5-26(22)38-28(23)14-21/h2-8,11,14-16,19-20,38,43H,9-10,12-13,17-18H2,1H3,(H,39,40)(H2,36,37,44). The Bertz CT molecular complexity index is 2190. The summed E-state index contributed by atoms with van der Waals surface area (Å²) in [5.41, 5.74) is 3.98. The fourth-order valence-corrected chi connectivity index (χ4v) is 6.73. The summed E-state index contributed by atoms with van der Waals surface area (Å²) in [5.74, 6) is 0.302. The van der Waals surface area contributed by atoms with Gasteiger partial charge in [-0.3, -0.25) is 19.3 Å². The van der Waals surface area contributed by atoms with Gasteiger partial charge < -0.3 is 35.0 Å². The van der Waals surface area contributed by atoms with Gasteiger partial charge in [-0.1, -0.05) is 18.2 Å². The minimum atomic E-state index is -0.885. The van der Waals surface area contributed by atoms with Crippen LogP contribution in [0.15, 0.2) is 71.7 Å². The van der Waals surface area contributed by atoms with Crippen molar-refractivity contribution in [1.29, 1.82) is 0 Å². The number of aromatic amines is 3. The molecule has 2 aliphatic heterocycles. The van der Waals surface area contributed by atoms with Gasteiger partial charge in [-0.05, 0) is 69.4 Å². The molecule has 5 N–H and O–H groups in total. The summed E-state index contributed by atoms with van der Waals surface area (Å²) in [4.78, 5) is 57.2. The molecule has 5 heterocycles. The number of nitrogens with one attached hydrogen (secondary N) is 4. The van der Waals surface area contributed by atoms with E-state index in [9.17, 15) is 19.5 Å². The average molecular weight is 632 g/mol. The number of aliphatic hydroxyl groups excluding tert-OH is 1. The quantitative estimate of drug-likeness (QED) is 0.157. The van der Waals surface area contributed by atoms with E-state index in [4.69, 9.17) is 4.74 Å². The summed E-state index contributed by atoms with van der Waals surface area (Å²) in [6.45, 7) is 1.80. The number of benzene rings is 3. The van der Waals surface area contributed by atoms with Crippen molar-refractivity contribution in [3.05, 3.63) is 88.3 Å². The van der Waals surface area contributed by atoms with E-state index in [-0.39, 0.29) is 48.0 Å². The largest absolute Gasteiger partial charge is 0.491 e. The smallest absolute Gasteiger partial charge is 0.261 e. The van der Waals surface area contributed by atoms with Crippen molar-refractivity contribution in [3.8, 4) is 17.1 Å². The summed E-state index contributed by atoms with van der Waals surface area (Å²) < 4.78 is 5.89. The molecule has 1 fully saturated rings. The zero-order valence-electron chi connectivity index (χ0n) is 25.7. The molecule has 47 heavy (non-hydrogen) atoms. The lowest BCUT2D eigenvalue weighted by molar-refractivity contribution is 0.0516. The van der Waals surface area contributed by atoms with E-state index in [1.165, 1.54) is 11.1 Å². The first-order chi connectivity index (χ1) is 22.8. The SMILES string of the molecule is CN1CCC(N2C(=O)c3cc4nc(-c5c(NCC(O)COc6ccc7c(c6)[nH]c6ccccc67)cc[nH]c5=O)[nH]c4cc3C2=O)CC1. The van der Waals surface area contributed by atoms with Gasteiger partial charge in [0.2, 0.25) is 0 Å². The molecule has 1 atom stereocenters. The molecule has 3 aromatic heterocycles. The van der Waals surface area contributed by atoms with E-state index in [0.29, 0.717) is 33.6 Å². The minimum Gasteiger partial charge on any atom is -0.491 e. The second-order valence-electron chi connectivity index (χ2n) is 12.3. The molecule has 0 radical (unpaired) electrons. The molecule has 0 aliphatic carbocycles. The van der Waals surface area contributed by atoms with Gasteiger partial charge in [0.05, 0.1) is 33.4 Å². The lowest BCUT2D eigenvalue weighted by Crippen LogP contribution is -2.46. The average Bonchev–Trinajstić information content (AvgIpc) is 3.73. The maximum atomic E-state index is 13.4. The van der Waals surface area contributed by atoms with Gasteiger partial charge in [0.15, 0.2) is 0 Å². The number of pyridine rings is 1. The Morgan fingerprint density at radius 1 is 0.936 bits per heavy atom. The van der Waals surface area contributed by atoms with Crippen molar-refractivity contribution in [2.45, 2.75) is 25.0 Å². The van der Waals surface area contributed by atoms with E-state index < -0.39 is 6.10 Å². The second kappa shape index (κ2) is 11.4. The molecule has 238 valence electrons. The Kier molecular flexibility index (Phi) is 7.03. The number of rotatable bonds is 8. The molecule has 12 nitrogen and oxygen atoms in total. The lowest BCUT2D eigenvalue weighted by atomic mass is 10.0. The third kappa shape index (κ3) is 5.11. The van der Waals surface area contributed by atoms with E-state index in [2.05, 4.69) is 36.2 Å². The van der Waals surface area contributed by atoms with Crippen molar-refractivity contribution >= 4 is 50.3 Å². The number of nitrogens with zero attached hydrogens (tertiary/aromatic N) is 3. The number of ether oxygens (including phenoxy) is 1. The van der Waals surface area contributed by atoms with Crippen molar-refractivity contribution in [3.63, 3.8) is 0 Å². The number of H-pyrrole nitrogens is 3. The van der Waals surface area contributed by atoms with Crippen molar-refractivity contribution in [2.24, 2.45) is 0 Å². The van der Waals surface area contributed by atoms with Gasteiger partial charge in [0.1, 0.15) is 29.8 Å². The van der Waals surface area contributed by atoms with E-state index in [1.54, 1.807) is 18.2 Å². The van der Waals surface area contributed by atoms with Gasteiger partial charge >= 0.3 is 0 Å². The molecule has 0 saturated carbocycles. The summed E-state index contributed by atoms with van der Waals surface area (Å²) in [6.07, 6.45) is 2.12. The number of fused-ring (bicyclic) bond motifs is 5. The van der Waals surface area contributed by atoms with Crippen molar-refractivity contribution in [2.75, 3.05) is 38.6 Å². The lowest BCUT2D eigenvalue weighted by Gasteiger charge is -2.33. The fraction of sp³-hybridized carbons (Fsp3) is 0.257. The Balaban J connectivity index is 0.977. The van der Waals surface area contributed by atoms with Crippen LogP contribution in [0.3, 0.4) is 0 Å². The van der Waals surface area contributed by atoms with Crippen LogP contribution in [0.5, 0.6) is 5.75 Å². The summed E-state index contributed by atoms with van der Waals surface area (Å²) in [7, 11) is 2.04. The van der Waals surface area contributed by atoms with Gasteiger partial charge in [-0.15, -0.1) is 0 Å². The van der Waals surface area contributed by atoms with Crippen LogP contribution in [0.4, 0.5) is 5.69 Å². The molecule has 1 saturated heterocycles. The molecule has 12 heteroatoms. The summed E-state index contributed by atoms with van der Waals surface area (Å²) in [5, 5.41) is 16.1. The summed E-state index contributed by atoms with van der Waals surface area (Å²) in [6, 6.07) is 18.7. The predicted molar refractivity (Wildman–Crippen MR) is 179 cm³/mol. The highest BCUT2D eigenvalue weighted by molar-refractivity contribution is 6.23. The number of aliphatic hydroxyl groups is 1. The van der Waals surface area contributed by atoms with Crippen LogP contribution >= 0.6 is 0 Å². The molecule has 2 aliphatic rings. The van der Waals surface area contributed by atoms with Crippen molar-refractivity contribution < 1.29 is 19.4 Å². The molecule has 2 amide bonds. The zero-order chi connectivity index (χ0) is 32.2. The van der Waals surface area contributed by atoms with Gasteiger partial charge in [0, 0.05) is 41.1 Å². The Morgan fingerprint density at radius 3 is 2.53 bits per heavy atom. The number of amides is 2. The Labute approximate surface area is 268 Å². The zero-order valence-corrected chi connectivity index (χ0v) is 25.7. The first-order valence-corrected chi connectivity index (χ1v) is 15.7. The number of hydrogen-bond donors (Lipinski definition) is 5. The minimum absolute atomic E-state index is 0.0318. The predicted octanol–water partition coefficient (Wildman–Crippen LogP) is 4.09. The number of imidazole rings is 1. The third-order valence-corrected chi connectivity index (χ3v) is 9.22. The number of carbonyl (C=O) groups is 2. The number of hydrogen-bond acceptors (Lipinski definition) is 8. The first kappa shape index (κ1) is 29.0. The highest BCUT2D eigenvalue weighted by Crippen LogP contribution is 2.33. The number of imide groups is 1. The van der Waals surface area contributed by atoms with E-state index in [1.807, 2.05) is 43.4 Å². The highest BCUT2D eigenvalue weighted by Gasteiger charge is 2.41. The van der Waals surface area contributed by atoms with Crippen LogP contribution in [0.2, 0.25) is 0 Å². The number of anilines is 1. The molecule has 0 spiro atoms. The van der Waals surface area contributed by atoms with Gasteiger partial charge in [-0.25, -0.2) is 4.98 Å². The fourth-order valence-electron chi connectivity index (χ4n) is 6.73. The van der Waals surface area contributed by atoms with E-state index >= 15 is 0 Å². The molecule has 3 aromatic carbocycles. The molecular formula is C35H33N7O5. The van der Waals surface area contributed by atoms with Crippen LogP contribution in [0, 0.1) is 0 Å². The van der Waals surface area contributed by atoms with Crippen LogP contribution in [0.25, 0.3) is 44.2 Å². The number of piperidine rings is 1. The number of likely N-dealkylation sites (tertiary alicyclic amines) is 1. The van der Waals surface area contributed by atoms with Gasteiger partial charge in [0.25, 0.3) is 17.4 Å². The maximum absolute atomic E-state index is 13.4. The van der Waals surface area contributed by atoms with Crippen LogP contribution in [-0.4, -0.2) is 92.1 Å². The number of para-hydroxylation sites is 1. The summed E-state index contributed by atoms with van der Waals surface area (Å²) >= 11 is 0. The van der Waals surface area contributed by atoms with Crippen LogP contribution in [-0.2, 0) is 0 Å². The molecule has 8 rings (SSSR count). The number of carbonyl (C=O) groups excluding carboxylic acids is 2. The second-order valence-corrected chi connectivity index (χ2v) is 12.3. The molecular weight excluding hydrogens is 598 g/mol. The van der Waals surface area contributed by atoms with Gasteiger partial charge in [-0.2, -0.15) is 0 Å². The topological polar surface area (TPSA) is 159 Å². The number of aromatic nitrogens is 4. The Morgan fingerprint density at radius 2 is 1.70 bits per heavy atom. The van der Waals surface area contributed by atoms with Crippen LogP contribution < -0.4 is 15.6 Å². The third-order valence-electron chi connectivity index (χ3n) is 9.22. The van der Waals surface area contributed by atoms with Crippen molar-refractivity contribution in [1.82, 2.24) is 29.7 Å². The first-order valence-electron chi connectivity index (χ1n) is 15.7. The molecule has 6 aromatic rings. The monoisotopic (exact) mass is 631 g/mol. The van der Waals surface area contributed by atoms with E-state index in [0.717, 1.165) is 47.7 Å². The Hall–Kier alpha value is -5.46. The highest BCUT2D eigenvalue weighted by atomic mass is 16.5. The van der Waals surface area contributed by atoms with Crippen LogP contribution in [0.1, 0.15) is 33.6 Å². The molecule has 1 unspecified atom stereocenters. The molecule has 0 bridgehead atoms. The normalized spacial score (nSPS) is 16.4. The maximum Gasteiger partial charge on any atom is 0.261 e.